The van der Waals surface area contributed by atoms with Gasteiger partial charge in [0.1, 0.15) is 5.82 Å². The van der Waals surface area contributed by atoms with Crippen LogP contribution in [0.25, 0.3) is 0 Å². The first-order valence-corrected chi connectivity index (χ1v) is 6.46. The van der Waals surface area contributed by atoms with Gasteiger partial charge in [0, 0.05) is 18.0 Å². The van der Waals surface area contributed by atoms with Crippen LogP contribution in [0.3, 0.4) is 0 Å². The lowest BCUT2D eigenvalue weighted by atomic mass is 9.96. The molecule has 0 aliphatic rings. The maximum Gasteiger partial charge on any atom is 0.142 e. The zero-order chi connectivity index (χ0) is 13.1. The van der Waals surface area contributed by atoms with Crippen LogP contribution in [0.2, 0.25) is 0 Å². The van der Waals surface area contributed by atoms with Crippen LogP contribution in [-0.2, 0) is 0 Å². The van der Waals surface area contributed by atoms with Crippen LogP contribution < -0.4 is 5.32 Å². The maximum atomic E-state index is 14.2. The highest BCUT2D eigenvalue weighted by atomic mass is 79.9. The van der Waals surface area contributed by atoms with Crippen LogP contribution in [0, 0.1) is 12.7 Å². The Hall–Kier alpha value is -1.26. The molecule has 0 aliphatic carbocycles. The molecule has 1 N–H and O–H groups in total. The van der Waals surface area contributed by atoms with Gasteiger partial charge in [0.05, 0.1) is 10.5 Å². The number of aryl methyl sites for hydroxylation is 1. The van der Waals surface area contributed by atoms with E-state index in [2.05, 4.69) is 26.2 Å². The molecule has 0 fully saturated rings. The van der Waals surface area contributed by atoms with Crippen molar-refractivity contribution in [1.29, 1.82) is 0 Å². The highest BCUT2D eigenvalue weighted by molar-refractivity contribution is 9.10. The molecule has 0 bridgehead atoms. The van der Waals surface area contributed by atoms with Crippen molar-refractivity contribution in [2.45, 2.75) is 13.0 Å². The minimum atomic E-state index is -0.229. The summed E-state index contributed by atoms with van der Waals surface area (Å²) in [5, 5.41) is 3.15. The first-order chi connectivity index (χ1) is 8.65. The predicted molar refractivity (Wildman–Crippen MR) is 74.0 cm³/mol. The number of halogens is 2. The molecule has 0 aliphatic heterocycles. The molecule has 0 amide bonds. The van der Waals surface area contributed by atoms with Crippen molar-refractivity contribution in [3.63, 3.8) is 0 Å². The topological polar surface area (TPSA) is 24.9 Å². The molecule has 1 aromatic carbocycles. The summed E-state index contributed by atoms with van der Waals surface area (Å²) in [7, 11) is 1.82. The van der Waals surface area contributed by atoms with Gasteiger partial charge < -0.3 is 5.32 Å². The normalized spacial score (nSPS) is 12.4. The molecule has 1 aromatic heterocycles. The molecule has 0 radical (unpaired) electrons. The maximum absolute atomic E-state index is 14.2. The van der Waals surface area contributed by atoms with E-state index in [1.54, 1.807) is 24.5 Å². The Morgan fingerprint density at radius 1 is 1.28 bits per heavy atom. The molecular formula is C14H14BrFN2. The number of rotatable bonds is 3. The highest BCUT2D eigenvalue weighted by Gasteiger charge is 2.18. The van der Waals surface area contributed by atoms with Crippen molar-refractivity contribution in [3.8, 4) is 0 Å². The van der Waals surface area contributed by atoms with Crippen molar-refractivity contribution >= 4 is 15.9 Å². The molecule has 0 saturated heterocycles. The summed E-state index contributed by atoms with van der Waals surface area (Å²) < 4.78 is 14.6. The van der Waals surface area contributed by atoms with Gasteiger partial charge >= 0.3 is 0 Å². The molecule has 1 unspecified atom stereocenters. The summed E-state index contributed by atoms with van der Waals surface area (Å²) in [6.45, 7) is 1.97. The Morgan fingerprint density at radius 3 is 2.72 bits per heavy atom. The predicted octanol–water partition coefficient (Wildman–Crippen LogP) is 3.60. The quantitative estimate of drug-likeness (QED) is 0.937. The second-order valence-electron chi connectivity index (χ2n) is 4.10. The van der Waals surface area contributed by atoms with Crippen molar-refractivity contribution in [2.24, 2.45) is 0 Å². The number of hydrogen-bond donors (Lipinski definition) is 1. The first-order valence-electron chi connectivity index (χ1n) is 5.67. The molecule has 4 heteroatoms. The van der Waals surface area contributed by atoms with Crippen LogP contribution in [0.5, 0.6) is 0 Å². The lowest BCUT2D eigenvalue weighted by Crippen LogP contribution is -2.20. The van der Waals surface area contributed by atoms with Gasteiger partial charge in [-0.3, -0.25) is 4.98 Å². The van der Waals surface area contributed by atoms with Gasteiger partial charge in [0.15, 0.2) is 0 Å². The molecule has 0 saturated carbocycles. The van der Waals surface area contributed by atoms with Crippen LogP contribution in [-0.4, -0.2) is 12.0 Å². The van der Waals surface area contributed by atoms with Crippen LogP contribution in [0.1, 0.15) is 22.7 Å². The summed E-state index contributed by atoms with van der Waals surface area (Å²) >= 11 is 3.22. The SMILES string of the molecule is CNC(c1ccncc1C)c1cccc(Br)c1F. The van der Waals surface area contributed by atoms with Crippen molar-refractivity contribution < 1.29 is 4.39 Å². The standard InChI is InChI=1S/C14H14BrFN2/c1-9-8-18-7-6-10(9)14(17-2)11-4-3-5-12(15)13(11)16/h3-8,14,17H,1-2H3. The number of aromatic nitrogens is 1. The van der Waals surface area contributed by atoms with E-state index < -0.39 is 0 Å². The third kappa shape index (κ3) is 2.44. The lowest BCUT2D eigenvalue weighted by molar-refractivity contribution is 0.570. The van der Waals surface area contributed by atoms with Crippen LogP contribution >= 0.6 is 15.9 Å². The van der Waals surface area contributed by atoms with Crippen molar-refractivity contribution in [3.05, 3.63) is 63.6 Å². The van der Waals surface area contributed by atoms with Crippen LogP contribution in [0.4, 0.5) is 4.39 Å². The Balaban J connectivity index is 2.53. The molecule has 94 valence electrons. The van der Waals surface area contributed by atoms with E-state index in [0.717, 1.165) is 11.1 Å². The van der Waals surface area contributed by atoms with E-state index in [4.69, 9.17) is 0 Å². The number of hydrogen-bond acceptors (Lipinski definition) is 2. The second-order valence-corrected chi connectivity index (χ2v) is 4.95. The zero-order valence-corrected chi connectivity index (χ0v) is 11.8. The Kier molecular flexibility index (Phi) is 4.09. The zero-order valence-electron chi connectivity index (χ0n) is 10.2. The van der Waals surface area contributed by atoms with E-state index >= 15 is 0 Å². The van der Waals surface area contributed by atoms with E-state index in [-0.39, 0.29) is 11.9 Å². The van der Waals surface area contributed by atoms with E-state index in [1.807, 2.05) is 26.1 Å². The van der Waals surface area contributed by atoms with Gasteiger partial charge in [-0.25, -0.2) is 4.39 Å². The van der Waals surface area contributed by atoms with Gasteiger partial charge in [-0.05, 0) is 53.2 Å². The molecule has 2 nitrogen and oxygen atoms in total. The van der Waals surface area contributed by atoms with Crippen LogP contribution in [0.15, 0.2) is 41.1 Å². The average Bonchev–Trinajstić information content (AvgIpc) is 2.37. The fourth-order valence-corrected chi connectivity index (χ4v) is 2.41. The molecule has 1 heterocycles. The summed E-state index contributed by atoms with van der Waals surface area (Å²) in [5.41, 5.74) is 2.70. The Labute approximate surface area is 114 Å². The average molecular weight is 309 g/mol. The van der Waals surface area contributed by atoms with E-state index in [0.29, 0.717) is 10.0 Å². The number of nitrogens with zero attached hydrogens (tertiary/aromatic N) is 1. The molecule has 2 aromatic rings. The van der Waals surface area contributed by atoms with E-state index in [1.165, 1.54) is 0 Å². The van der Waals surface area contributed by atoms with Crippen molar-refractivity contribution in [2.75, 3.05) is 7.05 Å². The largest absolute Gasteiger partial charge is 0.309 e. The lowest BCUT2D eigenvalue weighted by Gasteiger charge is -2.20. The van der Waals surface area contributed by atoms with E-state index in [9.17, 15) is 4.39 Å². The fraction of sp³-hybridized carbons (Fsp3) is 0.214. The van der Waals surface area contributed by atoms with Crippen molar-refractivity contribution in [1.82, 2.24) is 10.3 Å². The number of nitrogens with one attached hydrogen (secondary N) is 1. The molecule has 0 spiro atoms. The number of pyridine rings is 1. The Morgan fingerprint density at radius 2 is 2.06 bits per heavy atom. The Bertz CT molecular complexity index is 557. The summed E-state index contributed by atoms with van der Waals surface area (Å²) in [6.07, 6.45) is 3.51. The fourth-order valence-electron chi connectivity index (χ4n) is 2.03. The third-order valence-corrected chi connectivity index (χ3v) is 3.57. The van der Waals surface area contributed by atoms with Gasteiger partial charge in [-0.2, -0.15) is 0 Å². The molecule has 18 heavy (non-hydrogen) atoms. The van der Waals surface area contributed by atoms with Gasteiger partial charge in [-0.15, -0.1) is 0 Å². The summed E-state index contributed by atoms with van der Waals surface area (Å²) in [5.74, 6) is -0.229. The molecule has 1 atom stereocenters. The van der Waals surface area contributed by atoms with Gasteiger partial charge in [-0.1, -0.05) is 12.1 Å². The van der Waals surface area contributed by atoms with Gasteiger partial charge in [0.2, 0.25) is 0 Å². The molecule has 2 rings (SSSR count). The minimum Gasteiger partial charge on any atom is -0.309 e. The number of benzene rings is 1. The second kappa shape index (κ2) is 5.59. The highest BCUT2D eigenvalue weighted by Crippen LogP contribution is 2.29. The summed E-state index contributed by atoms with van der Waals surface area (Å²) in [4.78, 5) is 4.06. The molecular weight excluding hydrogens is 295 g/mol. The third-order valence-electron chi connectivity index (χ3n) is 2.96. The first kappa shape index (κ1) is 13.2. The monoisotopic (exact) mass is 308 g/mol. The summed E-state index contributed by atoms with van der Waals surface area (Å²) in [6, 6.07) is 7.07. The smallest absolute Gasteiger partial charge is 0.142 e. The minimum absolute atomic E-state index is 0.175. The van der Waals surface area contributed by atoms with Gasteiger partial charge in [0.25, 0.3) is 0 Å².